The predicted octanol–water partition coefficient (Wildman–Crippen LogP) is 2.41. The third-order valence-corrected chi connectivity index (χ3v) is 3.23. The van der Waals surface area contributed by atoms with Crippen molar-refractivity contribution in [1.29, 1.82) is 0 Å². The highest BCUT2D eigenvalue weighted by Gasteiger charge is 2.39. The number of nitrogens with one attached hydrogen (secondary N) is 1. The van der Waals surface area contributed by atoms with Crippen LogP contribution in [0.3, 0.4) is 0 Å². The van der Waals surface area contributed by atoms with E-state index in [1.54, 1.807) is 27.7 Å². The van der Waals surface area contributed by atoms with Crippen LogP contribution in [0.1, 0.15) is 33.3 Å². The lowest BCUT2D eigenvalue weighted by Gasteiger charge is -2.34. The topological polar surface area (TPSA) is 73.9 Å². The number of amides is 1. The maximum atomic E-state index is 12.1. The van der Waals surface area contributed by atoms with Gasteiger partial charge in [-0.1, -0.05) is 30.3 Å². The Morgan fingerprint density at radius 2 is 1.91 bits per heavy atom. The maximum Gasteiger partial charge on any atom is 0.408 e. The molecule has 0 saturated carbocycles. The van der Waals surface area contributed by atoms with Gasteiger partial charge in [-0.05, 0) is 33.3 Å². The van der Waals surface area contributed by atoms with Gasteiger partial charge in [-0.15, -0.1) is 0 Å². The van der Waals surface area contributed by atoms with Gasteiger partial charge in [-0.2, -0.15) is 0 Å². The third-order valence-electron chi connectivity index (χ3n) is 3.23. The van der Waals surface area contributed by atoms with Gasteiger partial charge in [0.1, 0.15) is 5.60 Å². The molecule has 1 saturated heterocycles. The number of hydrogen-bond acceptors (Lipinski definition) is 5. The largest absolute Gasteiger partial charge is 0.444 e. The van der Waals surface area contributed by atoms with E-state index in [4.69, 9.17) is 14.2 Å². The van der Waals surface area contributed by atoms with Crippen molar-refractivity contribution in [1.82, 2.24) is 5.32 Å². The fraction of sp³-hybridized carbons (Fsp3) is 0.529. The molecule has 3 unspecified atom stereocenters. The lowest BCUT2D eigenvalue weighted by Crippen LogP contribution is -2.57. The summed E-state index contributed by atoms with van der Waals surface area (Å²) < 4.78 is 16.0. The normalized spacial score (nSPS) is 24.7. The average molecular weight is 321 g/mol. The van der Waals surface area contributed by atoms with E-state index < -0.39 is 36.1 Å². The fourth-order valence-electron chi connectivity index (χ4n) is 2.34. The molecule has 1 fully saturated rings. The first kappa shape index (κ1) is 17.3. The van der Waals surface area contributed by atoms with Crippen molar-refractivity contribution in [3.05, 3.63) is 35.9 Å². The van der Waals surface area contributed by atoms with Crippen molar-refractivity contribution in [2.24, 2.45) is 0 Å². The Bertz CT molecular complexity index is 552. The Kier molecular flexibility index (Phi) is 5.26. The standard InChI is InChI=1S/C17H23NO5/c1-11-21-13(10-12-8-6-5-7-9-12)14(15(19)22-11)18-16(20)23-17(2,3)4/h5-9,11,13-14H,10H2,1-4H3,(H,18,20). The number of ether oxygens (including phenoxy) is 3. The minimum Gasteiger partial charge on any atom is -0.444 e. The number of carbonyl (C=O) groups is 2. The Hall–Kier alpha value is -2.08. The summed E-state index contributed by atoms with van der Waals surface area (Å²) in [5, 5.41) is 2.56. The molecule has 2 rings (SSSR count). The molecule has 1 amide bonds. The van der Waals surface area contributed by atoms with Crippen LogP contribution >= 0.6 is 0 Å². The first-order valence-corrected chi connectivity index (χ1v) is 7.64. The SMILES string of the molecule is CC1OC(=O)C(NC(=O)OC(C)(C)C)C(Cc2ccccc2)O1. The van der Waals surface area contributed by atoms with Gasteiger partial charge >= 0.3 is 12.1 Å². The van der Waals surface area contributed by atoms with Gasteiger partial charge in [0.15, 0.2) is 6.04 Å². The third kappa shape index (κ3) is 5.25. The number of hydrogen-bond donors (Lipinski definition) is 1. The molecule has 0 bridgehead atoms. The van der Waals surface area contributed by atoms with Gasteiger partial charge in [-0.3, -0.25) is 0 Å². The van der Waals surface area contributed by atoms with E-state index in [-0.39, 0.29) is 0 Å². The Balaban J connectivity index is 2.09. The summed E-state index contributed by atoms with van der Waals surface area (Å²) in [5.74, 6) is -0.518. The second kappa shape index (κ2) is 7.00. The van der Waals surface area contributed by atoms with Gasteiger partial charge in [0.05, 0.1) is 6.10 Å². The Morgan fingerprint density at radius 1 is 1.26 bits per heavy atom. The van der Waals surface area contributed by atoms with Crippen molar-refractivity contribution >= 4 is 12.1 Å². The molecule has 3 atom stereocenters. The first-order chi connectivity index (χ1) is 10.7. The molecule has 0 aromatic heterocycles. The highest BCUT2D eigenvalue weighted by molar-refractivity contribution is 5.82. The minimum absolute atomic E-state index is 0.487. The zero-order valence-corrected chi connectivity index (χ0v) is 13.9. The molecule has 6 nitrogen and oxygen atoms in total. The van der Waals surface area contributed by atoms with E-state index in [0.29, 0.717) is 6.42 Å². The zero-order valence-electron chi connectivity index (χ0n) is 13.9. The molecule has 126 valence electrons. The van der Waals surface area contributed by atoms with Crippen LogP contribution in [0.25, 0.3) is 0 Å². The molecule has 1 heterocycles. The molecule has 1 aromatic carbocycles. The molecule has 1 aliphatic rings. The number of carbonyl (C=O) groups excluding carboxylic acids is 2. The van der Waals surface area contributed by atoms with Gasteiger partial charge in [0.2, 0.25) is 6.29 Å². The molecule has 6 heteroatoms. The highest BCUT2D eigenvalue weighted by atomic mass is 16.7. The number of benzene rings is 1. The van der Waals surface area contributed by atoms with Crippen molar-refractivity contribution in [2.75, 3.05) is 0 Å². The van der Waals surface area contributed by atoms with Crippen LogP contribution in [-0.2, 0) is 25.4 Å². The summed E-state index contributed by atoms with van der Waals surface area (Å²) in [6, 6.07) is 8.73. The van der Waals surface area contributed by atoms with E-state index in [9.17, 15) is 9.59 Å². The summed E-state index contributed by atoms with van der Waals surface area (Å²) in [6.07, 6.45) is -1.34. The van der Waals surface area contributed by atoms with Gasteiger partial charge in [0, 0.05) is 6.42 Å². The summed E-state index contributed by atoms with van der Waals surface area (Å²) in [4.78, 5) is 24.1. The van der Waals surface area contributed by atoms with Crippen molar-refractivity contribution < 1.29 is 23.8 Å². The number of cyclic esters (lactones) is 1. The lowest BCUT2D eigenvalue weighted by molar-refractivity contribution is -0.216. The van der Waals surface area contributed by atoms with Crippen LogP contribution in [-0.4, -0.2) is 36.1 Å². The quantitative estimate of drug-likeness (QED) is 0.866. The molecule has 23 heavy (non-hydrogen) atoms. The van der Waals surface area contributed by atoms with Crippen LogP contribution in [0.5, 0.6) is 0 Å². The van der Waals surface area contributed by atoms with E-state index >= 15 is 0 Å². The van der Waals surface area contributed by atoms with Crippen LogP contribution < -0.4 is 5.32 Å². The van der Waals surface area contributed by atoms with Gasteiger partial charge in [0.25, 0.3) is 0 Å². The van der Waals surface area contributed by atoms with Crippen molar-refractivity contribution in [2.45, 2.75) is 58.2 Å². The van der Waals surface area contributed by atoms with Crippen molar-refractivity contribution in [3.63, 3.8) is 0 Å². The second-order valence-corrected chi connectivity index (χ2v) is 6.49. The highest BCUT2D eigenvalue weighted by Crippen LogP contribution is 2.19. The van der Waals surface area contributed by atoms with Crippen LogP contribution in [0, 0.1) is 0 Å². The number of rotatable bonds is 3. The number of alkyl carbamates (subject to hydrolysis) is 1. The van der Waals surface area contributed by atoms with E-state index in [0.717, 1.165) is 5.56 Å². The molecule has 0 radical (unpaired) electrons. The van der Waals surface area contributed by atoms with Crippen molar-refractivity contribution in [3.8, 4) is 0 Å². The lowest BCUT2D eigenvalue weighted by atomic mass is 10.0. The van der Waals surface area contributed by atoms with E-state index in [1.807, 2.05) is 30.3 Å². The van der Waals surface area contributed by atoms with E-state index in [1.165, 1.54) is 0 Å². The maximum absolute atomic E-state index is 12.1. The van der Waals surface area contributed by atoms with Crippen LogP contribution in [0.15, 0.2) is 30.3 Å². The zero-order chi connectivity index (χ0) is 17.0. The average Bonchev–Trinajstić information content (AvgIpc) is 2.42. The molecule has 1 aliphatic heterocycles. The second-order valence-electron chi connectivity index (χ2n) is 6.49. The van der Waals surface area contributed by atoms with Gasteiger partial charge in [-0.25, -0.2) is 9.59 Å². The molecular weight excluding hydrogens is 298 g/mol. The van der Waals surface area contributed by atoms with E-state index in [2.05, 4.69) is 5.32 Å². The fourth-order valence-corrected chi connectivity index (χ4v) is 2.34. The summed E-state index contributed by atoms with van der Waals surface area (Å²) in [5.41, 5.74) is 0.363. The van der Waals surface area contributed by atoms with Crippen LogP contribution in [0.2, 0.25) is 0 Å². The molecule has 1 N–H and O–H groups in total. The number of esters is 1. The Morgan fingerprint density at radius 3 is 2.52 bits per heavy atom. The molecule has 1 aromatic rings. The predicted molar refractivity (Wildman–Crippen MR) is 83.7 cm³/mol. The molecular formula is C17H23NO5. The smallest absolute Gasteiger partial charge is 0.408 e. The monoisotopic (exact) mass is 321 g/mol. The minimum atomic E-state index is -0.902. The summed E-state index contributed by atoms with van der Waals surface area (Å²) in [7, 11) is 0. The first-order valence-electron chi connectivity index (χ1n) is 7.64. The summed E-state index contributed by atoms with van der Waals surface area (Å²) in [6.45, 7) is 6.92. The summed E-state index contributed by atoms with van der Waals surface area (Å²) >= 11 is 0. The van der Waals surface area contributed by atoms with Gasteiger partial charge < -0.3 is 19.5 Å². The van der Waals surface area contributed by atoms with Crippen LogP contribution in [0.4, 0.5) is 4.79 Å². The molecule has 0 aliphatic carbocycles. The molecule has 0 spiro atoms. The Labute approximate surface area is 136 Å².